The van der Waals surface area contributed by atoms with E-state index in [1.54, 1.807) is 19.2 Å². The van der Waals surface area contributed by atoms with Crippen molar-refractivity contribution in [1.82, 2.24) is 0 Å². The van der Waals surface area contributed by atoms with Gasteiger partial charge in [-0.05, 0) is 37.1 Å². The van der Waals surface area contributed by atoms with Crippen LogP contribution in [0.2, 0.25) is 0 Å². The van der Waals surface area contributed by atoms with Gasteiger partial charge in [-0.25, -0.2) is 0 Å². The summed E-state index contributed by atoms with van der Waals surface area (Å²) in [5.74, 6) is 2.51. The van der Waals surface area contributed by atoms with E-state index in [0.717, 1.165) is 29.9 Å². The summed E-state index contributed by atoms with van der Waals surface area (Å²) in [6.07, 6.45) is 2.09. The van der Waals surface area contributed by atoms with Crippen LogP contribution in [0.15, 0.2) is 28.7 Å². The fourth-order valence-electron chi connectivity index (χ4n) is 2.02. The lowest BCUT2D eigenvalue weighted by molar-refractivity contribution is 0.407. The van der Waals surface area contributed by atoms with E-state index in [0.29, 0.717) is 5.75 Å². The van der Waals surface area contributed by atoms with Crippen molar-refractivity contribution in [3.8, 4) is 22.8 Å². The summed E-state index contributed by atoms with van der Waals surface area (Å²) in [4.78, 5) is 0. The molecule has 0 aliphatic heterocycles. The van der Waals surface area contributed by atoms with Gasteiger partial charge in [0.1, 0.15) is 23.0 Å². The molecule has 1 aromatic heterocycles. The molecule has 0 unspecified atom stereocenters. The maximum Gasteiger partial charge on any atom is 0.134 e. The molecule has 2 aromatic rings. The Balaban J connectivity index is 2.41. The Morgan fingerprint density at radius 3 is 2.67 bits per heavy atom. The van der Waals surface area contributed by atoms with Crippen LogP contribution >= 0.6 is 0 Å². The molecule has 0 bridgehead atoms. The van der Waals surface area contributed by atoms with Crippen LogP contribution in [0.1, 0.15) is 24.7 Å². The van der Waals surface area contributed by atoms with Gasteiger partial charge < -0.3 is 14.3 Å². The van der Waals surface area contributed by atoms with Crippen LogP contribution in [0.4, 0.5) is 0 Å². The average Bonchev–Trinajstić information content (AvgIpc) is 2.71. The topological polar surface area (TPSA) is 42.6 Å². The fraction of sp³-hybridized carbons (Fsp3) is 0.333. The highest BCUT2D eigenvalue weighted by molar-refractivity contribution is 5.63. The molecule has 3 nitrogen and oxygen atoms in total. The molecule has 18 heavy (non-hydrogen) atoms. The number of phenols is 1. The number of methoxy groups -OCH3 is 1. The minimum Gasteiger partial charge on any atom is -0.508 e. The summed E-state index contributed by atoms with van der Waals surface area (Å²) >= 11 is 0. The Bertz CT molecular complexity index is 541. The van der Waals surface area contributed by atoms with Crippen molar-refractivity contribution in [3.63, 3.8) is 0 Å². The van der Waals surface area contributed by atoms with E-state index >= 15 is 0 Å². The second-order valence-corrected chi connectivity index (χ2v) is 4.36. The highest BCUT2D eigenvalue weighted by atomic mass is 16.5. The van der Waals surface area contributed by atoms with Crippen molar-refractivity contribution in [1.29, 1.82) is 0 Å². The lowest BCUT2D eigenvalue weighted by Gasteiger charge is -2.03. The molecule has 0 saturated carbocycles. The van der Waals surface area contributed by atoms with E-state index in [4.69, 9.17) is 9.15 Å². The predicted octanol–water partition coefficient (Wildman–Crippen LogP) is 3.92. The highest BCUT2D eigenvalue weighted by Gasteiger charge is 2.10. The van der Waals surface area contributed by atoms with Crippen molar-refractivity contribution in [2.24, 2.45) is 0 Å². The monoisotopic (exact) mass is 246 g/mol. The van der Waals surface area contributed by atoms with Crippen molar-refractivity contribution < 1.29 is 14.3 Å². The van der Waals surface area contributed by atoms with Gasteiger partial charge in [0.05, 0.1) is 7.11 Å². The van der Waals surface area contributed by atoms with E-state index in [1.807, 2.05) is 19.1 Å². The molecule has 1 heterocycles. The predicted molar refractivity (Wildman–Crippen MR) is 71.1 cm³/mol. The van der Waals surface area contributed by atoms with Gasteiger partial charge in [0.25, 0.3) is 0 Å². The molecule has 0 saturated heterocycles. The number of ether oxygens (including phenoxy) is 1. The third-order valence-corrected chi connectivity index (χ3v) is 2.95. The summed E-state index contributed by atoms with van der Waals surface area (Å²) in [6.45, 7) is 4.11. The normalized spacial score (nSPS) is 10.6. The number of aryl methyl sites for hydroxylation is 2. The first-order valence-corrected chi connectivity index (χ1v) is 6.11. The molecular formula is C15H18O3. The number of benzene rings is 1. The maximum atomic E-state index is 9.64. The Kier molecular flexibility index (Phi) is 3.60. The van der Waals surface area contributed by atoms with Crippen LogP contribution in [0.3, 0.4) is 0 Å². The minimum absolute atomic E-state index is 0.176. The summed E-state index contributed by atoms with van der Waals surface area (Å²) in [6, 6.07) is 7.14. The van der Waals surface area contributed by atoms with Crippen LogP contribution in [0.25, 0.3) is 11.3 Å². The molecule has 1 N–H and O–H groups in total. The Morgan fingerprint density at radius 1 is 1.22 bits per heavy atom. The standard InChI is InChI=1S/C15H18O3/c1-4-5-11-8-15(18-10(11)2)12-6-13(16)9-14(7-12)17-3/h6-9,16H,4-5H2,1-3H3. The highest BCUT2D eigenvalue weighted by Crippen LogP contribution is 2.32. The number of hydrogen-bond donors (Lipinski definition) is 1. The van der Waals surface area contributed by atoms with Gasteiger partial charge >= 0.3 is 0 Å². The van der Waals surface area contributed by atoms with Crippen LogP contribution in [0.5, 0.6) is 11.5 Å². The summed E-state index contributed by atoms with van der Waals surface area (Å²) in [7, 11) is 1.58. The molecule has 3 heteroatoms. The second kappa shape index (κ2) is 5.17. The Labute approximate surface area is 107 Å². The van der Waals surface area contributed by atoms with E-state index in [1.165, 1.54) is 5.56 Å². The first kappa shape index (κ1) is 12.6. The Morgan fingerprint density at radius 2 is 2.00 bits per heavy atom. The summed E-state index contributed by atoms with van der Waals surface area (Å²) < 4.78 is 10.9. The lowest BCUT2D eigenvalue weighted by atomic mass is 10.1. The van der Waals surface area contributed by atoms with Crippen molar-refractivity contribution in [2.75, 3.05) is 7.11 Å². The van der Waals surface area contributed by atoms with Crippen molar-refractivity contribution in [3.05, 3.63) is 35.6 Å². The number of aromatic hydroxyl groups is 1. The summed E-state index contributed by atoms with van der Waals surface area (Å²) in [5.41, 5.74) is 2.05. The molecular weight excluding hydrogens is 228 g/mol. The van der Waals surface area contributed by atoms with Gasteiger partial charge in [0, 0.05) is 11.6 Å². The molecule has 0 fully saturated rings. The van der Waals surface area contributed by atoms with Crippen LogP contribution in [-0.4, -0.2) is 12.2 Å². The van der Waals surface area contributed by atoms with E-state index in [9.17, 15) is 5.11 Å². The number of phenolic OH excluding ortho intramolecular Hbond substituents is 1. The first-order valence-electron chi connectivity index (χ1n) is 6.11. The van der Waals surface area contributed by atoms with Gasteiger partial charge in [-0.3, -0.25) is 0 Å². The largest absolute Gasteiger partial charge is 0.508 e. The zero-order valence-corrected chi connectivity index (χ0v) is 11.0. The molecule has 0 aliphatic rings. The zero-order chi connectivity index (χ0) is 13.1. The zero-order valence-electron chi connectivity index (χ0n) is 11.0. The average molecular weight is 246 g/mol. The van der Waals surface area contributed by atoms with Crippen LogP contribution < -0.4 is 4.74 Å². The number of hydrogen-bond acceptors (Lipinski definition) is 3. The van der Waals surface area contributed by atoms with Gasteiger partial charge in [-0.2, -0.15) is 0 Å². The molecule has 0 spiro atoms. The molecule has 0 radical (unpaired) electrons. The van der Waals surface area contributed by atoms with Crippen LogP contribution in [0, 0.1) is 6.92 Å². The van der Waals surface area contributed by atoms with Crippen molar-refractivity contribution in [2.45, 2.75) is 26.7 Å². The molecule has 2 rings (SSSR count). The fourth-order valence-corrected chi connectivity index (χ4v) is 2.02. The van der Waals surface area contributed by atoms with Crippen molar-refractivity contribution >= 4 is 0 Å². The quantitative estimate of drug-likeness (QED) is 0.889. The lowest BCUT2D eigenvalue weighted by Crippen LogP contribution is -1.83. The second-order valence-electron chi connectivity index (χ2n) is 4.36. The Hall–Kier alpha value is -1.90. The van der Waals surface area contributed by atoms with E-state index in [-0.39, 0.29) is 5.75 Å². The van der Waals surface area contributed by atoms with E-state index < -0.39 is 0 Å². The third-order valence-electron chi connectivity index (χ3n) is 2.95. The first-order chi connectivity index (χ1) is 8.63. The van der Waals surface area contributed by atoms with Gasteiger partial charge in [-0.1, -0.05) is 13.3 Å². The molecule has 0 aliphatic carbocycles. The molecule has 0 amide bonds. The van der Waals surface area contributed by atoms with Gasteiger partial charge in [0.15, 0.2) is 0 Å². The molecule has 96 valence electrons. The number of rotatable bonds is 4. The minimum atomic E-state index is 0.176. The van der Waals surface area contributed by atoms with E-state index in [2.05, 4.69) is 6.92 Å². The maximum absolute atomic E-state index is 9.64. The third kappa shape index (κ3) is 2.50. The van der Waals surface area contributed by atoms with Gasteiger partial charge in [-0.15, -0.1) is 0 Å². The SMILES string of the molecule is CCCc1cc(-c2cc(O)cc(OC)c2)oc1C. The number of furan rings is 1. The smallest absolute Gasteiger partial charge is 0.134 e. The summed E-state index contributed by atoms with van der Waals surface area (Å²) in [5, 5.41) is 9.64. The molecule has 1 aromatic carbocycles. The molecule has 0 atom stereocenters. The van der Waals surface area contributed by atoms with Gasteiger partial charge in [0.2, 0.25) is 0 Å². The van der Waals surface area contributed by atoms with Crippen LogP contribution in [-0.2, 0) is 6.42 Å².